The number of aryl methyl sites for hydroxylation is 3. The molecular weight excluding hydrogens is 452 g/mol. The quantitative estimate of drug-likeness (QED) is 0.421. The molecule has 0 saturated carbocycles. The highest BCUT2D eigenvalue weighted by Gasteiger charge is 2.17. The number of para-hydroxylation sites is 2. The van der Waals surface area contributed by atoms with E-state index in [0.29, 0.717) is 28.8 Å². The van der Waals surface area contributed by atoms with Gasteiger partial charge in [-0.05, 0) is 61.4 Å². The molecule has 34 heavy (non-hydrogen) atoms. The minimum absolute atomic E-state index is 0.0945. The average Bonchev–Trinajstić information content (AvgIpc) is 2.82. The highest BCUT2D eigenvalue weighted by Crippen LogP contribution is 2.24. The molecule has 0 aliphatic carbocycles. The lowest BCUT2D eigenvalue weighted by molar-refractivity contribution is -0.116. The smallest absolute Gasteiger partial charge is 0.261 e. The van der Waals surface area contributed by atoms with E-state index in [4.69, 9.17) is 0 Å². The first kappa shape index (κ1) is 23.2. The Labute approximate surface area is 197 Å². The van der Waals surface area contributed by atoms with Gasteiger partial charge >= 0.3 is 0 Å². The molecule has 8 nitrogen and oxygen atoms in total. The molecule has 0 fully saturated rings. The summed E-state index contributed by atoms with van der Waals surface area (Å²) in [5.74, 6) is -0.256. The summed E-state index contributed by atoms with van der Waals surface area (Å²) < 4.78 is 29.9. The van der Waals surface area contributed by atoms with E-state index in [1.54, 1.807) is 35.0 Å². The van der Waals surface area contributed by atoms with Crippen LogP contribution in [0, 0.1) is 13.8 Å². The highest BCUT2D eigenvalue weighted by atomic mass is 32.2. The fraction of sp³-hybridized carbons (Fsp3) is 0.160. The molecule has 2 N–H and O–H groups in total. The number of sulfonamides is 1. The summed E-state index contributed by atoms with van der Waals surface area (Å²) in [5.41, 5.74) is 3.19. The fourth-order valence-electron chi connectivity index (χ4n) is 3.66. The van der Waals surface area contributed by atoms with Crippen molar-refractivity contribution in [2.24, 2.45) is 0 Å². The monoisotopic (exact) mass is 476 g/mol. The predicted molar refractivity (Wildman–Crippen MR) is 132 cm³/mol. The number of anilines is 2. The van der Waals surface area contributed by atoms with Crippen LogP contribution in [0.15, 0.2) is 82.6 Å². The third-order valence-corrected chi connectivity index (χ3v) is 6.84. The number of benzene rings is 3. The molecule has 1 aromatic heterocycles. The Bertz CT molecular complexity index is 1510. The minimum Gasteiger partial charge on any atom is -0.326 e. The number of carbonyl (C=O) groups is 1. The number of rotatable bonds is 7. The van der Waals surface area contributed by atoms with Gasteiger partial charge in [-0.3, -0.25) is 19.0 Å². The zero-order valence-corrected chi connectivity index (χ0v) is 19.6. The van der Waals surface area contributed by atoms with Crippen LogP contribution in [0.5, 0.6) is 0 Å². The molecule has 0 saturated heterocycles. The highest BCUT2D eigenvalue weighted by molar-refractivity contribution is 7.92. The van der Waals surface area contributed by atoms with E-state index < -0.39 is 10.0 Å². The van der Waals surface area contributed by atoms with Gasteiger partial charge in [-0.25, -0.2) is 8.42 Å². The second-order valence-corrected chi connectivity index (χ2v) is 9.63. The lowest BCUT2D eigenvalue weighted by atomic mass is 10.1. The molecule has 0 unspecified atom stereocenters. The third kappa shape index (κ3) is 4.99. The van der Waals surface area contributed by atoms with Crippen LogP contribution in [0.4, 0.5) is 11.4 Å². The second-order valence-electron chi connectivity index (χ2n) is 7.94. The third-order valence-electron chi connectivity index (χ3n) is 5.48. The standard InChI is InChI=1S/C25H24N4O4S/c1-17-6-5-7-18(2)25(17)28-34(32,33)20-12-10-19(11-13-20)27-24(31)14-15-29-22-9-4-3-8-21(22)23(30)16-26-29/h3-13,16,28H,14-15H2,1-2H3,(H,27,31). The zero-order chi connectivity index (χ0) is 24.3. The topological polar surface area (TPSA) is 110 Å². The van der Waals surface area contributed by atoms with Gasteiger partial charge in [-0.1, -0.05) is 30.3 Å². The van der Waals surface area contributed by atoms with Crippen LogP contribution < -0.4 is 15.5 Å². The Kier molecular flexibility index (Phi) is 6.47. The van der Waals surface area contributed by atoms with Crippen LogP contribution in [0.25, 0.3) is 10.9 Å². The van der Waals surface area contributed by atoms with E-state index in [1.165, 1.54) is 18.3 Å². The number of nitrogens with one attached hydrogen (secondary N) is 2. The molecule has 1 amide bonds. The SMILES string of the molecule is Cc1cccc(C)c1NS(=O)(=O)c1ccc(NC(=O)CCn2ncc(=O)c3ccccc32)cc1. The maximum absolute atomic E-state index is 12.8. The van der Waals surface area contributed by atoms with Gasteiger partial charge in [0, 0.05) is 17.5 Å². The second kappa shape index (κ2) is 9.48. The van der Waals surface area contributed by atoms with Gasteiger partial charge in [-0.15, -0.1) is 0 Å². The number of carbonyl (C=O) groups excluding carboxylic acids is 1. The first-order valence-corrected chi connectivity index (χ1v) is 12.2. The largest absolute Gasteiger partial charge is 0.326 e. The van der Waals surface area contributed by atoms with Crippen molar-refractivity contribution in [3.63, 3.8) is 0 Å². The molecular formula is C25H24N4O4S. The number of hydrogen-bond donors (Lipinski definition) is 2. The molecule has 4 rings (SSSR count). The first-order chi connectivity index (χ1) is 16.2. The molecule has 0 aliphatic heterocycles. The van der Waals surface area contributed by atoms with Crippen LogP contribution in [-0.2, 0) is 21.4 Å². The molecule has 174 valence electrons. The van der Waals surface area contributed by atoms with Crippen molar-refractivity contribution in [1.29, 1.82) is 0 Å². The Morgan fingerprint density at radius 1 is 0.941 bits per heavy atom. The van der Waals surface area contributed by atoms with Crippen molar-refractivity contribution in [2.75, 3.05) is 10.0 Å². The Hall–Kier alpha value is -3.98. The van der Waals surface area contributed by atoms with Crippen molar-refractivity contribution in [2.45, 2.75) is 31.7 Å². The lowest BCUT2D eigenvalue weighted by Crippen LogP contribution is -2.18. The Morgan fingerprint density at radius 3 is 2.32 bits per heavy atom. The van der Waals surface area contributed by atoms with Crippen molar-refractivity contribution < 1.29 is 13.2 Å². The summed E-state index contributed by atoms with van der Waals surface area (Å²) in [5, 5.41) is 7.43. The lowest BCUT2D eigenvalue weighted by Gasteiger charge is -2.13. The van der Waals surface area contributed by atoms with E-state index in [-0.39, 0.29) is 22.7 Å². The van der Waals surface area contributed by atoms with Crippen LogP contribution in [0.1, 0.15) is 17.5 Å². The van der Waals surface area contributed by atoms with Gasteiger partial charge in [0.25, 0.3) is 10.0 Å². The van der Waals surface area contributed by atoms with Crippen molar-refractivity contribution in [1.82, 2.24) is 9.78 Å². The summed E-state index contributed by atoms with van der Waals surface area (Å²) in [6, 6.07) is 18.6. The average molecular weight is 477 g/mol. The van der Waals surface area contributed by atoms with Gasteiger partial charge in [0.05, 0.1) is 28.8 Å². The molecule has 4 aromatic rings. The number of aromatic nitrogens is 2. The summed E-state index contributed by atoms with van der Waals surface area (Å²) in [7, 11) is -3.77. The van der Waals surface area contributed by atoms with Gasteiger partial charge in [0.1, 0.15) is 0 Å². The Balaban J connectivity index is 1.41. The van der Waals surface area contributed by atoms with Gasteiger partial charge in [0.15, 0.2) is 0 Å². The summed E-state index contributed by atoms with van der Waals surface area (Å²) in [6.07, 6.45) is 1.37. The van der Waals surface area contributed by atoms with Gasteiger partial charge < -0.3 is 5.32 Å². The number of hydrogen-bond acceptors (Lipinski definition) is 5. The maximum Gasteiger partial charge on any atom is 0.261 e. The van der Waals surface area contributed by atoms with Gasteiger partial charge in [-0.2, -0.15) is 5.10 Å². The molecule has 0 atom stereocenters. The molecule has 9 heteroatoms. The van der Waals surface area contributed by atoms with E-state index in [9.17, 15) is 18.0 Å². The van der Waals surface area contributed by atoms with Crippen molar-refractivity contribution in [3.8, 4) is 0 Å². The fourth-order valence-corrected chi connectivity index (χ4v) is 4.86. The summed E-state index contributed by atoms with van der Waals surface area (Å²) >= 11 is 0. The van der Waals surface area contributed by atoms with Crippen molar-refractivity contribution >= 4 is 38.2 Å². The summed E-state index contributed by atoms with van der Waals surface area (Å²) in [4.78, 5) is 24.5. The van der Waals surface area contributed by atoms with E-state index in [0.717, 1.165) is 11.1 Å². The molecule has 3 aromatic carbocycles. The van der Waals surface area contributed by atoms with E-state index in [1.807, 2.05) is 38.1 Å². The molecule has 0 spiro atoms. The Morgan fingerprint density at radius 2 is 1.62 bits per heavy atom. The number of fused-ring (bicyclic) bond motifs is 1. The minimum atomic E-state index is -3.77. The maximum atomic E-state index is 12.8. The zero-order valence-electron chi connectivity index (χ0n) is 18.8. The normalized spacial score (nSPS) is 11.4. The van der Waals surface area contributed by atoms with Crippen LogP contribution in [0.2, 0.25) is 0 Å². The predicted octanol–water partition coefficient (Wildman–Crippen LogP) is 3.84. The van der Waals surface area contributed by atoms with E-state index >= 15 is 0 Å². The molecule has 1 heterocycles. The first-order valence-electron chi connectivity index (χ1n) is 10.7. The number of nitrogens with zero attached hydrogens (tertiary/aromatic N) is 2. The molecule has 0 aliphatic rings. The number of amides is 1. The van der Waals surface area contributed by atoms with Crippen LogP contribution in [-0.4, -0.2) is 24.1 Å². The summed E-state index contributed by atoms with van der Waals surface area (Å²) in [6.45, 7) is 3.98. The van der Waals surface area contributed by atoms with Crippen LogP contribution >= 0.6 is 0 Å². The van der Waals surface area contributed by atoms with Gasteiger partial charge in [0.2, 0.25) is 11.3 Å². The molecule has 0 radical (unpaired) electrons. The molecule has 0 bridgehead atoms. The van der Waals surface area contributed by atoms with Crippen molar-refractivity contribution in [3.05, 3.63) is 94.3 Å². The van der Waals surface area contributed by atoms with E-state index in [2.05, 4.69) is 15.1 Å². The van der Waals surface area contributed by atoms with Crippen LogP contribution in [0.3, 0.4) is 0 Å².